The van der Waals surface area contributed by atoms with E-state index in [0.717, 1.165) is 9.75 Å². The van der Waals surface area contributed by atoms with Crippen LogP contribution in [-0.2, 0) is 0 Å². The largest absolute Gasteiger partial charge is 0.192 e. The van der Waals surface area contributed by atoms with Crippen LogP contribution in [0.3, 0.4) is 0 Å². The van der Waals surface area contributed by atoms with Gasteiger partial charge in [-0.3, -0.25) is 0 Å². The number of hydrogen-bond donors (Lipinski definition) is 0. The van der Waals surface area contributed by atoms with Gasteiger partial charge in [-0.15, -0.1) is 11.3 Å². The maximum absolute atomic E-state index is 8.74. The van der Waals surface area contributed by atoms with Gasteiger partial charge in [0.05, 0.1) is 0 Å². The van der Waals surface area contributed by atoms with Crippen LogP contribution in [-0.4, -0.2) is 0 Å². The van der Waals surface area contributed by atoms with Gasteiger partial charge in [0.2, 0.25) is 0 Å². The van der Waals surface area contributed by atoms with Crippen LogP contribution in [0.1, 0.15) is 22.2 Å². The molecule has 0 atom stereocenters. The van der Waals surface area contributed by atoms with Gasteiger partial charge in [-0.2, -0.15) is 10.5 Å². The summed E-state index contributed by atoms with van der Waals surface area (Å²) in [6.07, 6.45) is 3.72. The second kappa shape index (κ2) is 6.52. The molecule has 0 bridgehead atoms. The third-order valence-electron chi connectivity index (χ3n) is 2.76. The third-order valence-corrected chi connectivity index (χ3v) is 3.74. The highest BCUT2D eigenvalue weighted by molar-refractivity contribution is 7.13. The van der Waals surface area contributed by atoms with E-state index in [0.29, 0.717) is 0 Å². The zero-order valence-corrected chi connectivity index (χ0v) is 11.8. The minimum absolute atomic E-state index is 0.127. The topological polar surface area (TPSA) is 47.6 Å². The van der Waals surface area contributed by atoms with Crippen LogP contribution in [0.2, 0.25) is 0 Å². The number of hydrogen-bond acceptors (Lipinski definition) is 3. The molecule has 1 aromatic heterocycles. The molecule has 0 saturated carbocycles. The van der Waals surface area contributed by atoms with E-state index in [9.17, 15) is 0 Å². The van der Waals surface area contributed by atoms with Gasteiger partial charge in [-0.1, -0.05) is 30.3 Å². The molecule has 0 aliphatic heterocycles. The van der Waals surface area contributed by atoms with Crippen LogP contribution in [0.15, 0.2) is 48.0 Å². The Balaban J connectivity index is 2.25. The fourth-order valence-electron chi connectivity index (χ4n) is 1.75. The summed E-state index contributed by atoms with van der Waals surface area (Å²) >= 11 is 1.56. The molecule has 0 fully saturated rings. The van der Waals surface area contributed by atoms with Crippen molar-refractivity contribution in [2.45, 2.75) is 6.92 Å². The number of rotatable bonds is 3. The number of nitriles is 2. The molecule has 2 aromatic rings. The molecule has 0 N–H and O–H groups in total. The minimum Gasteiger partial charge on any atom is -0.192 e. The van der Waals surface area contributed by atoms with Gasteiger partial charge in [-0.05, 0) is 42.3 Å². The summed E-state index contributed by atoms with van der Waals surface area (Å²) < 4.78 is 0. The molecule has 0 radical (unpaired) electrons. The van der Waals surface area contributed by atoms with E-state index in [1.54, 1.807) is 17.4 Å². The zero-order valence-electron chi connectivity index (χ0n) is 11.0. The SMILES string of the molecule is C/C(=C\c1ccc(C=C(C#N)C#N)s1)c1ccccc1. The van der Waals surface area contributed by atoms with Crippen LogP contribution in [0.5, 0.6) is 0 Å². The van der Waals surface area contributed by atoms with Crippen molar-refractivity contribution in [3.63, 3.8) is 0 Å². The van der Waals surface area contributed by atoms with Crippen molar-refractivity contribution in [1.29, 1.82) is 10.5 Å². The second-order valence-electron chi connectivity index (χ2n) is 4.22. The molecule has 0 aliphatic rings. The average molecular weight is 276 g/mol. The summed E-state index contributed by atoms with van der Waals surface area (Å²) in [6, 6.07) is 17.8. The molecular formula is C17H12N2S. The lowest BCUT2D eigenvalue weighted by atomic mass is 10.1. The van der Waals surface area contributed by atoms with E-state index in [2.05, 4.69) is 25.1 Å². The summed E-state index contributed by atoms with van der Waals surface area (Å²) in [5, 5.41) is 17.5. The van der Waals surface area contributed by atoms with Crippen LogP contribution in [0.4, 0.5) is 0 Å². The predicted octanol–water partition coefficient (Wildman–Crippen LogP) is 4.74. The maximum Gasteiger partial charge on any atom is 0.131 e. The van der Waals surface area contributed by atoms with Gasteiger partial charge < -0.3 is 0 Å². The Morgan fingerprint density at radius 1 is 0.950 bits per heavy atom. The van der Waals surface area contributed by atoms with Gasteiger partial charge >= 0.3 is 0 Å². The monoisotopic (exact) mass is 276 g/mol. The van der Waals surface area contributed by atoms with Gasteiger partial charge in [0.25, 0.3) is 0 Å². The lowest BCUT2D eigenvalue weighted by Crippen LogP contribution is -1.76. The van der Waals surface area contributed by atoms with Crippen LogP contribution in [0.25, 0.3) is 17.7 Å². The molecule has 0 unspecified atom stereocenters. The van der Waals surface area contributed by atoms with Crippen LogP contribution < -0.4 is 0 Å². The highest BCUT2D eigenvalue weighted by Gasteiger charge is 2.00. The molecule has 0 saturated heterocycles. The van der Waals surface area contributed by atoms with Crippen molar-refractivity contribution in [3.05, 3.63) is 63.4 Å². The Labute approximate surface area is 122 Å². The summed E-state index contributed by atoms with van der Waals surface area (Å²) in [5.41, 5.74) is 2.50. The van der Waals surface area contributed by atoms with Gasteiger partial charge in [0.15, 0.2) is 0 Å². The van der Waals surface area contributed by atoms with Crippen molar-refractivity contribution in [2.24, 2.45) is 0 Å². The molecule has 3 heteroatoms. The average Bonchev–Trinajstić information content (AvgIpc) is 2.92. The normalized spacial score (nSPS) is 10.4. The Hall–Kier alpha value is -2.62. The lowest BCUT2D eigenvalue weighted by Gasteiger charge is -1.99. The molecule has 1 heterocycles. The minimum atomic E-state index is 0.127. The predicted molar refractivity (Wildman–Crippen MR) is 83.5 cm³/mol. The molecule has 2 rings (SSSR count). The standard InChI is InChI=1S/C17H12N2S/c1-13(15-5-3-2-4-6-15)9-16-7-8-17(20-16)10-14(11-18)12-19/h2-10H,1H3/b13-9+. The van der Waals surface area contributed by atoms with Crippen LogP contribution in [0, 0.1) is 22.7 Å². The number of thiophene rings is 1. The van der Waals surface area contributed by atoms with E-state index >= 15 is 0 Å². The summed E-state index contributed by atoms with van der Waals surface area (Å²) in [4.78, 5) is 2.02. The number of nitrogens with zero attached hydrogens (tertiary/aromatic N) is 2. The van der Waals surface area contributed by atoms with Gasteiger partial charge in [-0.25, -0.2) is 0 Å². The first-order valence-corrected chi connectivity index (χ1v) is 6.90. The summed E-state index contributed by atoms with van der Waals surface area (Å²) in [6.45, 7) is 2.07. The smallest absolute Gasteiger partial charge is 0.131 e. The molecule has 0 spiro atoms. The summed E-state index contributed by atoms with van der Waals surface area (Å²) in [5.74, 6) is 0. The Bertz CT molecular complexity index is 721. The van der Waals surface area contributed by atoms with E-state index < -0.39 is 0 Å². The van der Waals surface area contributed by atoms with Crippen molar-refractivity contribution in [1.82, 2.24) is 0 Å². The zero-order chi connectivity index (χ0) is 14.4. The first-order valence-electron chi connectivity index (χ1n) is 6.08. The quantitative estimate of drug-likeness (QED) is 0.760. The van der Waals surface area contributed by atoms with Crippen molar-refractivity contribution in [3.8, 4) is 12.1 Å². The first-order chi connectivity index (χ1) is 9.72. The maximum atomic E-state index is 8.74. The van der Waals surface area contributed by atoms with E-state index in [1.807, 2.05) is 42.5 Å². The lowest BCUT2D eigenvalue weighted by molar-refractivity contribution is 1.47. The van der Waals surface area contributed by atoms with Crippen LogP contribution >= 0.6 is 11.3 Å². The summed E-state index contributed by atoms with van der Waals surface area (Å²) in [7, 11) is 0. The third kappa shape index (κ3) is 3.45. The first kappa shape index (κ1) is 13.8. The van der Waals surface area contributed by atoms with E-state index in [1.165, 1.54) is 11.1 Å². The van der Waals surface area contributed by atoms with Crippen molar-refractivity contribution in [2.75, 3.05) is 0 Å². The molecular weight excluding hydrogens is 264 g/mol. The molecule has 20 heavy (non-hydrogen) atoms. The fourth-order valence-corrected chi connectivity index (χ4v) is 2.71. The Morgan fingerprint density at radius 3 is 2.15 bits per heavy atom. The van der Waals surface area contributed by atoms with E-state index in [-0.39, 0.29) is 5.57 Å². The van der Waals surface area contributed by atoms with Gasteiger partial charge in [0.1, 0.15) is 17.7 Å². The van der Waals surface area contributed by atoms with Crippen molar-refractivity contribution >= 4 is 29.1 Å². The highest BCUT2D eigenvalue weighted by Crippen LogP contribution is 2.24. The Morgan fingerprint density at radius 2 is 1.55 bits per heavy atom. The van der Waals surface area contributed by atoms with Crippen molar-refractivity contribution < 1.29 is 0 Å². The van der Waals surface area contributed by atoms with E-state index in [4.69, 9.17) is 10.5 Å². The Kier molecular flexibility index (Phi) is 4.50. The van der Waals surface area contributed by atoms with Gasteiger partial charge in [0, 0.05) is 9.75 Å². The number of benzene rings is 1. The fraction of sp³-hybridized carbons (Fsp3) is 0.0588. The molecule has 1 aromatic carbocycles. The molecule has 0 amide bonds. The molecule has 96 valence electrons. The number of allylic oxidation sites excluding steroid dienone is 2. The second-order valence-corrected chi connectivity index (χ2v) is 5.36. The molecule has 2 nitrogen and oxygen atoms in total. The molecule has 0 aliphatic carbocycles. The highest BCUT2D eigenvalue weighted by atomic mass is 32.1.